The molecule has 0 aromatic heterocycles. The van der Waals surface area contributed by atoms with E-state index in [1.165, 1.54) is 11.1 Å². The van der Waals surface area contributed by atoms with Crippen LogP contribution in [0.25, 0.3) is 0 Å². The molecule has 0 aliphatic carbocycles. The van der Waals surface area contributed by atoms with Gasteiger partial charge in [-0.2, -0.15) is 0 Å². The second-order valence-corrected chi connectivity index (χ2v) is 4.69. The highest BCUT2D eigenvalue weighted by atomic mass is 16.5. The Labute approximate surface area is 99.0 Å². The van der Waals surface area contributed by atoms with Crippen LogP contribution in [0.4, 0.5) is 5.69 Å². The largest absolute Gasteiger partial charge is 0.491 e. The van der Waals surface area contributed by atoms with Crippen molar-refractivity contribution >= 4 is 5.69 Å². The standard InChI is InChI=1S/C14H23NO/c1-6-15-13-8-11(4)7-12(5)14(13)16-9-10(2)3/h7-8,10,15H,6,9H2,1-5H3. The zero-order valence-electron chi connectivity index (χ0n) is 11.1. The molecule has 0 atom stereocenters. The Morgan fingerprint density at radius 3 is 2.50 bits per heavy atom. The first-order valence-corrected chi connectivity index (χ1v) is 6.02. The predicted molar refractivity (Wildman–Crippen MR) is 70.4 cm³/mol. The maximum atomic E-state index is 5.87. The van der Waals surface area contributed by atoms with Gasteiger partial charge in [0.05, 0.1) is 12.3 Å². The van der Waals surface area contributed by atoms with Gasteiger partial charge in [-0.25, -0.2) is 0 Å². The molecule has 0 radical (unpaired) electrons. The second kappa shape index (κ2) is 5.78. The molecule has 1 rings (SSSR count). The molecule has 0 bridgehead atoms. The highest BCUT2D eigenvalue weighted by Crippen LogP contribution is 2.30. The van der Waals surface area contributed by atoms with Crippen molar-refractivity contribution in [2.24, 2.45) is 5.92 Å². The molecule has 0 fully saturated rings. The number of hydrogen-bond acceptors (Lipinski definition) is 2. The lowest BCUT2D eigenvalue weighted by molar-refractivity contribution is 0.270. The Morgan fingerprint density at radius 2 is 1.94 bits per heavy atom. The molecule has 1 N–H and O–H groups in total. The van der Waals surface area contributed by atoms with Crippen molar-refractivity contribution in [1.82, 2.24) is 0 Å². The summed E-state index contributed by atoms with van der Waals surface area (Å²) >= 11 is 0. The third kappa shape index (κ3) is 3.44. The number of benzene rings is 1. The molecule has 0 spiro atoms. The Hall–Kier alpha value is -1.18. The Morgan fingerprint density at radius 1 is 1.25 bits per heavy atom. The van der Waals surface area contributed by atoms with Crippen LogP contribution in [0.1, 0.15) is 31.9 Å². The van der Waals surface area contributed by atoms with E-state index in [9.17, 15) is 0 Å². The van der Waals surface area contributed by atoms with Gasteiger partial charge in [0.15, 0.2) is 0 Å². The van der Waals surface area contributed by atoms with Gasteiger partial charge >= 0.3 is 0 Å². The molecule has 0 saturated heterocycles. The smallest absolute Gasteiger partial charge is 0.145 e. The van der Waals surface area contributed by atoms with Crippen molar-refractivity contribution in [2.45, 2.75) is 34.6 Å². The molecular weight excluding hydrogens is 198 g/mol. The van der Waals surface area contributed by atoms with E-state index in [4.69, 9.17) is 4.74 Å². The number of rotatable bonds is 5. The van der Waals surface area contributed by atoms with Crippen molar-refractivity contribution < 1.29 is 4.74 Å². The molecular formula is C14H23NO. The van der Waals surface area contributed by atoms with E-state index in [0.717, 1.165) is 24.6 Å². The highest BCUT2D eigenvalue weighted by Gasteiger charge is 2.08. The van der Waals surface area contributed by atoms with Crippen LogP contribution in [0, 0.1) is 19.8 Å². The molecule has 90 valence electrons. The van der Waals surface area contributed by atoms with Gasteiger partial charge in [-0.05, 0) is 43.9 Å². The van der Waals surface area contributed by atoms with Crippen molar-refractivity contribution in [3.05, 3.63) is 23.3 Å². The van der Waals surface area contributed by atoms with Crippen molar-refractivity contribution in [3.63, 3.8) is 0 Å². The average Bonchev–Trinajstić information content (AvgIpc) is 2.16. The summed E-state index contributed by atoms with van der Waals surface area (Å²) in [5, 5.41) is 3.36. The summed E-state index contributed by atoms with van der Waals surface area (Å²) in [5.41, 5.74) is 3.59. The first-order chi connectivity index (χ1) is 7.54. The molecule has 16 heavy (non-hydrogen) atoms. The zero-order valence-corrected chi connectivity index (χ0v) is 11.1. The van der Waals surface area contributed by atoms with Crippen LogP contribution in [0.5, 0.6) is 5.75 Å². The Balaban J connectivity index is 2.94. The van der Waals surface area contributed by atoms with Gasteiger partial charge in [0.1, 0.15) is 5.75 Å². The van der Waals surface area contributed by atoms with Crippen LogP contribution in [0.3, 0.4) is 0 Å². The molecule has 0 amide bonds. The number of ether oxygens (including phenoxy) is 1. The van der Waals surface area contributed by atoms with Crippen molar-refractivity contribution in [1.29, 1.82) is 0 Å². The molecule has 1 aromatic rings. The van der Waals surface area contributed by atoms with E-state index in [1.54, 1.807) is 0 Å². The molecule has 0 heterocycles. The maximum absolute atomic E-state index is 5.87. The first kappa shape index (κ1) is 12.9. The van der Waals surface area contributed by atoms with E-state index < -0.39 is 0 Å². The molecule has 2 heteroatoms. The fourth-order valence-electron chi connectivity index (χ4n) is 1.72. The Bertz CT molecular complexity index is 345. The minimum atomic E-state index is 0.551. The maximum Gasteiger partial charge on any atom is 0.145 e. The number of hydrogen-bond donors (Lipinski definition) is 1. The number of nitrogens with one attached hydrogen (secondary N) is 1. The minimum Gasteiger partial charge on any atom is -0.491 e. The van der Waals surface area contributed by atoms with Crippen LogP contribution in [0.15, 0.2) is 12.1 Å². The van der Waals surface area contributed by atoms with E-state index in [1.807, 2.05) is 0 Å². The second-order valence-electron chi connectivity index (χ2n) is 4.69. The van der Waals surface area contributed by atoms with E-state index in [0.29, 0.717) is 5.92 Å². The molecule has 0 saturated carbocycles. The lowest BCUT2D eigenvalue weighted by atomic mass is 10.1. The van der Waals surface area contributed by atoms with Gasteiger partial charge in [-0.15, -0.1) is 0 Å². The van der Waals surface area contributed by atoms with Gasteiger partial charge in [0, 0.05) is 6.54 Å². The summed E-state index contributed by atoms with van der Waals surface area (Å²) < 4.78 is 5.87. The fourth-order valence-corrected chi connectivity index (χ4v) is 1.72. The van der Waals surface area contributed by atoms with Crippen LogP contribution < -0.4 is 10.1 Å². The number of aryl methyl sites for hydroxylation is 2. The van der Waals surface area contributed by atoms with Gasteiger partial charge in [-0.3, -0.25) is 0 Å². The summed E-state index contributed by atoms with van der Waals surface area (Å²) in [5.74, 6) is 1.55. The number of anilines is 1. The molecule has 1 aromatic carbocycles. The molecule has 0 aliphatic heterocycles. The summed E-state index contributed by atoms with van der Waals surface area (Å²) in [4.78, 5) is 0. The zero-order chi connectivity index (χ0) is 12.1. The van der Waals surface area contributed by atoms with E-state index >= 15 is 0 Å². The van der Waals surface area contributed by atoms with Gasteiger partial charge < -0.3 is 10.1 Å². The van der Waals surface area contributed by atoms with Gasteiger partial charge in [0.25, 0.3) is 0 Å². The average molecular weight is 221 g/mol. The SMILES string of the molecule is CCNc1cc(C)cc(C)c1OCC(C)C. The van der Waals surface area contributed by atoms with Crippen LogP contribution in [-0.4, -0.2) is 13.2 Å². The lowest BCUT2D eigenvalue weighted by Gasteiger charge is -2.17. The fraction of sp³-hybridized carbons (Fsp3) is 0.571. The van der Waals surface area contributed by atoms with Crippen molar-refractivity contribution in [3.8, 4) is 5.75 Å². The summed E-state index contributed by atoms with van der Waals surface area (Å²) in [6, 6.07) is 4.31. The quantitative estimate of drug-likeness (QED) is 0.817. The predicted octanol–water partition coefficient (Wildman–Crippen LogP) is 3.77. The molecule has 0 unspecified atom stereocenters. The molecule has 0 aliphatic rings. The lowest BCUT2D eigenvalue weighted by Crippen LogP contribution is -2.08. The van der Waals surface area contributed by atoms with Crippen molar-refractivity contribution in [2.75, 3.05) is 18.5 Å². The Kier molecular flexibility index (Phi) is 4.66. The van der Waals surface area contributed by atoms with E-state index in [2.05, 4.69) is 52.1 Å². The third-order valence-corrected chi connectivity index (χ3v) is 2.35. The van der Waals surface area contributed by atoms with Crippen LogP contribution in [0.2, 0.25) is 0 Å². The van der Waals surface area contributed by atoms with Gasteiger partial charge in [-0.1, -0.05) is 19.9 Å². The third-order valence-electron chi connectivity index (χ3n) is 2.35. The van der Waals surface area contributed by atoms with Gasteiger partial charge in [0.2, 0.25) is 0 Å². The van der Waals surface area contributed by atoms with Crippen LogP contribution in [-0.2, 0) is 0 Å². The summed E-state index contributed by atoms with van der Waals surface area (Å²) in [6.07, 6.45) is 0. The summed E-state index contributed by atoms with van der Waals surface area (Å²) in [7, 11) is 0. The summed E-state index contributed by atoms with van der Waals surface area (Å²) in [6.45, 7) is 12.3. The minimum absolute atomic E-state index is 0.551. The normalized spacial score (nSPS) is 10.6. The topological polar surface area (TPSA) is 21.3 Å². The van der Waals surface area contributed by atoms with E-state index in [-0.39, 0.29) is 0 Å². The van der Waals surface area contributed by atoms with Crippen LogP contribution >= 0.6 is 0 Å². The molecule has 2 nitrogen and oxygen atoms in total. The highest BCUT2D eigenvalue weighted by molar-refractivity contribution is 5.61. The first-order valence-electron chi connectivity index (χ1n) is 6.02. The monoisotopic (exact) mass is 221 g/mol.